The van der Waals surface area contributed by atoms with Crippen molar-refractivity contribution in [2.24, 2.45) is 0 Å². The van der Waals surface area contributed by atoms with E-state index in [0.29, 0.717) is 10.6 Å². The molecule has 0 unspecified atom stereocenters. The molecule has 0 spiro atoms. The topological polar surface area (TPSA) is 131 Å². The highest BCUT2D eigenvalue weighted by Gasteiger charge is 2.23. The molecule has 3 aromatic rings. The second kappa shape index (κ2) is 10.9. The van der Waals surface area contributed by atoms with Crippen LogP contribution in [0.4, 0.5) is 15.5 Å². The van der Waals surface area contributed by atoms with E-state index in [2.05, 4.69) is 15.4 Å². The first-order valence-corrected chi connectivity index (χ1v) is 13.0. The number of nitrogens with one attached hydrogen (secondary N) is 3. The third kappa shape index (κ3) is 6.38. The van der Waals surface area contributed by atoms with E-state index in [0.717, 1.165) is 4.88 Å². The Kier molecular flexibility index (Phi) is 8.15. The number of amides is 3. The van der Waals surface area contributed by atoms with Crippen molar-refractivity contribution in [3.05, 3.63) is 75.1 Å². The maximum atomic E-state index is 12.9. The molecule has 1 heterocycles. The normalized spacial score (nSPS) is 11.0. The van der Waals surface area contributed by atoms with Gasteiger partial charge in [-0.25, -0.2) is 13.2 Å². The summed E-state index contributed by atoms with van der Waals surface area (Å²) < 4.78 is 32.5. The van der Waals surface area contributed by atoms with Crippen molar-refractivity contribution >= 4 is 61.6 Å². The molecule has 184 valence electrons. The van der Waals surface area contributed by atoms with Gasteiger partial charge >= 0.3 is 6.09 Å². The predicted molar refractivity (Wildman–Crippen MR) is 135 cm³/mol. The van der Waals surface area contributed by atoms with E-state index < -0.39 is 27.9 Å². The van der Waals surface area contributed by atoms with E-state index in [-0.39, 0.29) is 33.3 Å². The average molecular weight is 536 g/mol. The fourth-order valence-electron chi connectivity index (χ4n) is 3.04. The highest BCUT2D eigenvalue weighted by molar-refractivity contribution is 7.92. The highest BCUT2D eigenvalue weighted by Crippen LogP contribution is 2.33. The summed E-state index contributed by atoms with van der Waals surface area (Å²) in [5.74, 6) is -1.27. The van der Waals surface area contributed by atoms with Gasteiger partial charge in [0.2, 0.25) is 0 Å². The molecule has 12 heteroatoms. The molecule has 3 amide bonds. The summed E-state index contributed by atoms with van der Waals surface area (Å²) in [5.41, 5.74) is 1.08. The Hall–Kier alpha value is -3.41. The van der Waals surface area contributed by atoms with E-state index in [1.807, 2.05) is 0 Å². The molecule has 0 aliphatic heterocycles. The SMILES string of the molecule is CCOC(=O)NC(=O)c1c(NC(=O)c2cccc(NS(=O)(=O)c3ccc(Cl)cc3)c2)sc(C)c1C. The molecule has 9 nitrogen and oxygen atoms in total. The zero-order valence-electron chi connectivity index (χ0n) is 19.0. The number of benzene rings is 2. The molecule has 3 rings (SSSR count). The number of rotatable bonds is 7. The van der Waals surface area contributed by atoms with Crippen molar-refractivity contribution in [2.75, 3.05) is 16.6 Å². The largest absolute Gasteiger partial charge is 0.450 e. The number of imide groups is 1. The number of halogens is 1. The number of hydrogen-bond acceptors (Lipinski definition) is 7. The fourth-order valence-corrected chi connectivity index (χ4v) is 5.27. The maximum absolute atomic E-state index is 12.9. The van der Waals surface area contributed by atoms with Crippen LogP contribution < -0.4 is 15.4 Å². The van der Waals surface area contributed by atoms with Gasteiger partial charge in [0.25, 0.3) is 21.8 Å². The lowest BCUT2D eigenvalue weighted by Gasteiger charge is -2.11. The van der Waals surface area contributed by atoms with Crippen LogP contribution in [0, 0.1) is 13.8 Å². The zero-order chi connectivity index (χ0) is 25.8. The minimum atomic E-state index is -3.90. The molecule has 3 N–H and O–H groups in total. The molecule has 0 aliphatic rings. The van der Waals surface area contributed by atoms with Crippen LogP contribution in [0.25, 0.3) is 0 Å². The van der Waals surface area contributed by atoms with Crippen molar-refractivity contribution in [2.45, 2.75) is 25.7 Å². The second-order valence-corrected chi connectivity index (χ2v) is 10.6. The molecule has 2 aromatic carbocycles. The molecule has 0 radical (unpaired) electrons. The first kappa shape index (κ1) is 26.2. The Morgan fingerprint density at radius 3 is 2.37 bits per heavy atom. The number of thiophene rings is 1. The van der Waals surface area contributed by atoms with Crippen molar-refractivity contribution in [3.63, 3.8) is 0 Å². The Bertz CT molecular complexity index is 1380. The van der Waals surface area contributed by atoms with Crippen molar-refractivity contribution in [3.8, 4) is 0 Å². The number of hydrogen-bond donors (Lipinski definition) is 3. The molecule has 0 bridgehead atoms. The minimum Gasteiger partial charge on any atom is -0.450 e. The number of carbonyl (C=O) groups is 3. The molecule has 0 saturated carbocycles. The molecule has 0 atom stereocenters. The number of anilines is 2. The summed E-state index contributed by atoms with van der Waals surface area (Å²) in [6.45, 7) is 5.19. The van der Waals surface area contributed by atoms with Crippen LogP contribution in [0.3, 0.4) is 0 Å². The lowest BCUT2D eigenvalue weighted by molar-refractivity contribution is 0.0925. The van der Waals surface area contributed by atoms with Crippen LogP contribution in [0.5, 0.6) is 0 Å². The Labute approximate surface area is 211 Å². The summed E-state index contributed by atoms with van der Waals surface area (Å²) in [4.78, 5) is 38.0. The van der Waals surface area contributed by atoms with Crippen molar-refractivity contribution < 1.29 is 27.5 Å². The van der Waals surface area contributed by atoms with Gasteiger partial charge in [0, 0.05) is 21.2 Å². The third-order valence-electron chi connectivity index (χ3n) is 4.83. The summed E-state index contributed by atoms with van der Waals surface area (Å²) in [7, 11) is -3.90. The Balaban J connectivity index is 1.81. The summed E-state index contributed by atoms with van der Waals surface area (Å²) >= 11 is 7.00. The average Bonchev–Trinajstić information content (AvgIpc) is 3.07. The monoisotopic (exact) mass is 535 g/mol. The van der Waals surface area contributed by atoms with Gasteiger partial charge in [-0.1, -0.05) is 17.7 Å². The lowest BCUT2D eigenvalue weighted by Crippen LogP contribution is -2.31. The van der Waals surface area contributed by atoms with E-state index in [9.17, 15) is 22.8 Å². The van der Waals surface area contributed by atoms with Crippen molar-refractivity contribution in [1.82, 2.24) is 5.32 Å². The second-order valence-electron chi connectivity index (χ2n) is 7.26. The summed E-state index contributed by atoms with van der Waals surface area (Å²) in [5, 5.41) is 5.46. The van der Waals surface area contributed by atoms with Gasteiger partial charge < -0.3 is 10.1 Å². The van der Waals surface area contributed by atoms with Crippen LogP contribution in [0.1, 0.15) is 38.1 Å². The van der Waals surface area contributed by atoms with Gasteiger partial charge in [0.15, 0.2) is 0 Å². The number of alkyl carbamates (subject to hydrolysis) is 1. The Morgan fingerprint density at radius 1 is 1.03 bits per heavy atom. The van der Waals surface area contributed by atoms with Gasteiger partial charge in [-0.3, -0.25) is 19.6 Å². The van der Waals surface area contributed by atoms with Gasteiger partial charge in [0.1, 0.15) is 5.00 Å². The summed E-state index contributed by atoms with van der Waals surface area (Å²) in [6, 6.07) is 11.5. The molecular formula is C23H22ClN3O6S2. The van der Waals surface area contributed by atoms with Gasteiger partial charge in [-0.15, -0.1) is 11.3 Å². The lowest BCUT2D eigenvalue weighted by atomic mass is 10.1. The minimum absolute atomic E-state index is 0.0125. The number of ether oxygens (including phenoxy) is 1. The predicted octanol–water partition coefficient (Wildman–Crippen LogP) is 4.96. The van der Waals surface area contributed by atoms with E-state index in [1.165, 1.54) is 59.9 Å². The number of carbonyl (C=O) groups excluding carboxylic acids is 3. The fraction of sp³-hybridized carbons (Fsp3) is 0.174. The van der Waals surface area contributed by atoms with Crippen LogP contribution in [0.2, 0.25) is 5.02 Å². The van der Waals surface area contributed by atoms with E-state index in [1.54, 1.807) is 20.8 Å². The van der Waals surface area contributed by atoms with Crippen LogP contribution in [0.15, 0.2) is 53.4 Å². The van der Waals surface area contributed by atoms with E-state index in [4.69, 9.17) is 16.3 Å². The van der Waals surface area contributed by atoms with Gasteiger partial charge in [0.05, 0.1) is 17.1 Å². The third-order valence-corrected chi connectivity index (χ3v) is 7.60. The van der Waals surface area contributed by atoms with Crippen LogP contribution >= 0.6 is 22.9 Å². The summed E-state index contributed by atoms with van der Waals surface area (Å²) in [6.07, 6.45) is -0.890. The zero-order valence-corrected chi connectivity index (χ0v) is 21.4. The first-order valence-electron chi connectivity index (χ1n) is 10.3. The van der Waals surface area contributed by atoms with Crippen LogP contribution in [-0.2, 0) is 14.8 Å². The molecular weight excluding hydrogens is 514 g/mol. The van der Waals surface area contributed by atoms with Crippen molar-refractivity contribution in [1.29, 1.82) is 0 Å². The smallest absolute Gasteiger partial charge is 0.414 e. The van der Waals surface area contributed by atoms with Gasteiger partial charge in [-0.2, -0.15) is 0 Å². The van der Waals surface area contributed by atoms with E-state index >= 15 is 0 Å². The molecule has 1 aromatic heterocycles. The molecule has 0 aliphatic carbocycles. The standard InChI is InChI=1S/C23H22ClN3O6S2/c1-4-33-23(30)26-21(29)19-13(2)14(3)34-22(19)25-20(28)15-6-5-7-17(12-15)27-35(31,32)18-10-8-16(24)9-11-18/h5-12,27H,4H2,1-3H3,(H,25,28)(H,26,29,30). The first-order chi connectivity index (χ1) is 16.5. The molecule has 0 fully saturated rings. The number of sulfonamides is 1. The molecule has 35 heavy (non-hydrogen) atoms. The Morgan fingerprint density at radius 2 is 1.71 bits per heavy atom. The van der Waals surface area contributed by atoms with Gasteiger partial charge in [-0.05, 0) is 68.8 Å². The van der Waals surface area contributed by atoms with Crippen LogP contribution in [-0.4, -0.2) is 32.9 Å². The molecule has 0 saturated heterocycles. The highest BCUT2D eigenvalue weighted by atomic mass is 35.5. The quantitative estimate of drug-likeness (QED) is 0.392. The maximum Gasteiger partial charge on any atom is 0.414 e. The number of aryl methyl sites for hydroxylation is 1.